The third-order valence-electron chi connectivity index (χ3n) is 2.31. The van der Waals surface area contributed by atoms with Gasteiger partial charge in [0.05, 0.1) is 12.0 Å². The summed E-state index contributed by atoms with van der Waals surface area (Å²) in [4.78, 5) is 21.4. The van der Waals surface area contributed by atoms with Crippen LogP contribution in [0.5, 0.6) is 0 Å². The molecule has 1 amide bonds. The highest BCUT2D eigenvalue weighted by molar-refractivity contribution is 5.80. The van der Waals surface area contributed by atoms with Crippen molar-refractivity contribution in [1.29, 1.82) is 0 Å². The van der Waals surface area contributed by atoms with E-state index in [4.69, 9.17) is 5.11 Å². The van der Waals surface area contributed by atoms with Crippen LogP contribution in [-0.2, 0) is 22.3 Å². The molecule has 0 spiro atoms. The van der Waals surface area contributed by atoms with Crippen LogP contribution in [0.1, 0.15) is 24.0 Å². The number of rotatable bonds is 5. The van der Waals surface area contributed by atoms with Gasteiger partial charge in [0.15, 0.2) is 0 Å². The van der Waals surface area contributed by atoms with E-state index in [1.54, 1.807) is 0 Å². The van der Waals surface area contributed by atoms with Gasteiger partial charge >= 0.3 is 12.1 Å². The number of hydrogen-bond donors (Lipinski definition) is 2. The van der Waals surface area contributed by atoms with E-state index in [9.17, 15) is 22.8 Å². The van der Waals surface area contributed by atoms with Gasteiger partial charge in [0.2, 0.25) is 5.91 Å². The largest absolute Gasteiger partial charge is 0.481 e. The zero-order valence-electron chi connectivity index (χ0n) is 9.83. The summed E-state index contributed by atoms with van der Waals surface area (Å²) in [6.45, 7) is -0.0671. The maximum atomic E-state index is 12.4. The average molecular weight is 275 g/mol. The SMILES string of the molecule is O=C(O)CCC(=O)NCc1cccc(C(F)(F)F)c1. The first-order valence-corrected chi connectivity index (χ1v) is 5.43. The lowest BCUT2D eigenvalue weighted by molar-refractivity contribution is -0.139. The summed E-state index contributed by atoms with van der Waals surface area (Å²) >= 11 is 0. The Morgan fingerprint density at radius 3 is 2.47 bits per heavy atom. The molecule has 0 heterocycles. The molecule has 0 bridgehead atoms. The van der Waals surface area contributed by atoms with Gasteiger partial charge in [-0.3, -0.25) is 9.59 Å². The van der Waals surface area contributed by atoms with Crippen molar-refractivity contribution in [2.45, 2.75) is 25.6 Å². The minimum absolute atomic E-state index is 0.0671. The first kappa shape index (κ1) is 15.0. The van der Waals surface area contributed by atoms with Crippen molar-refractivity contribution >= 4 is 11.9 Å². The fourth-order valence-corrected chi connectivity index (χ4v) is 1.37. The van der Waals surface area contributed by atoms with Crippen molar-refractivity contribution in [1.82, 2.24) is 5.32 Å². The van der Waals surface area contributed by atoms with E-state index in [0.29, 0.717) is 5.56 Å². The van der Waals surface area contributed by atoms with Crippen LogP contribution in [0.4, 0.5) is 13.2 Å². The van der Waals surface area contributed by atoms with Crippen LogP contribution < -0.4 is 5.32 Å². The molecule has 0 aliphatic heterocycles. The number of alkyl halides is 3. The van der Waals surface area contributed by atoms with Crippen LogP contribution in [0.25, 0.3) is 0 Å². The van der Waals surface area contributed by atoms with Crippen LogP contribution >= 0.6 is 0 Å². The molecule has 7 heteroatoms. The maximum Gasteiger partial charge on any atom is 0.416 e. The highest BCUT2D eigenvalue weighted by atomic mass is 19.4. The number of halogens is 3. The molecule has 1 rings (SSSR count). The molecule has 0 atom stereocenters. The lowest BCUT2D eigenvalue weighted by atomic mass is 10.1. The Bertz CT molecular complexity index is 472. The van der Waals surface area contributed by atoms with E-state index in [1.165, 1.54) is 12.1 Å². The van der Waals surface area contributed by atoms with Crippen LogP contribution in [0, 0.1) is 0 Å². The number of carbonyl (C=O) groups is 2. The maximum absolute atomic E-state index is 12.4. The average Bonchev–Trinajstić information content (AvgIpc) is 2.33. The minimum atomic E-state index is -4.43. The molecule has 0 fully saturated rings. The smallest absolute Gasteiger partial charge is 0.416 e. The van der Waals surface area contributed by atoms with Gasteiger partial charge in [0.1, 0.15) is 0 Å². The number of aliphatic carboxylic acids is 1. The minimum Gasteiger partial charge on any atom is -0.481 e. The zero-order valence-corrected chi connectivity index (χ0v) is 9.83. The molecule has 0 saturated heterocycles. The van der Waals surface area contributed by atoms with Gasteiger partial charge in [-0.05, 0) is 17.7 Å². The van der Waals surface area contributed by atoms with E-state index in [0.717, 1.165) is 12.1 Å². The van der Waals surface area contributed by atoms with Gasteiger partial charge in [-0.15, -0.1) is 0 Å². The summed E-state index contributed by atoms with van der Waals surface area (Å²) in [7, 11) is 0. The molecule has 104 valence electrons. The van der Waals surface area contributed by atoms with Gasteiger partial charge in [0.25, 0.3) is 0 Å². The molecular weight excluding hydrogens is 263 g/mol. The van der Waals surface area contributed by atoms with E-state index >= 15 is 0 Å². The van der Waals surface area contributed by atoms with Crippen LogP contribution in [0.15, 0.2) is 24.3 Å². The molecule has 1 aromatic carbocycles. The Kier molecular flexibility index (Phi) is 4.91. The second-order valence-electron chi connectivity index (χ2n) is 3.87. The standard InChI is InChI=1S/C12H12F3NO3/c13-12(14,15)9-3-1-2-8(6-9)7-16-10(17)4-5-11(18)19/h1-3,6H,4-5,7H2,(H,16,17)(H,18,19). The Labute approximate surface area is 107 Å². The molecule has 1 aromatic rings. The van der Waals surface area contributed by atoms with E-state index in [2.05, 4.69) is 5.32 Å². The predicted octanol–water partition coefficient (Wildman–Crippen LogP) is 2.19. The van der Waals surface area contributed by atoms with Gasteiger partial charge in [-0.2, -0.15) is 13.2 Å². The summed E-state index contributed by atoms with van der Waals surface area (Å²) in [5.41, 5.74) is -0.483. The second-order valence-corrected chi connectivity index (χ2v) is 3.87. The van der Waals surface area contributed by atoms with Crippen molar-refractivity contribution in [3.63, 3.8) is 0 Å². The summed E-state index contributed by atoms with van der Waals surface area (Å²) in [5, 5.41) is 10.7. The fourth-order valence-electron chi connectivity index (χ4n) is 1.37. The lowest BCUT2D eigenvalue weighted by Crippen LogP contribution is -2.23. The monoisotopic (exact) mass is 275 g/mol. The number of hydrogen-bond acceptors (Lipinski definition) is 2. The van der Waals surface area contributed by atoms with Gasteiger partial charge in [0, 0.05) is 13.0 Å². The summed E-state index contributed by atoms with van der Waals surface area (Å²) < 4.78 is 37.3. The third-order valence-corrected chi connectivity index (χ3v) is 2.31. The van der Waals surface area contributed by atoms with Crippen LogP contribution in [0.2, 0.25) is 0 Å². The predicted molar refractivity (Wildman–Crippen MR) is 60.2 cm³/mol. The highest BCUT2D eigenvalue weighted by Gasteiger charge is 2.30. The second kappa shape index (κ2) is 6.21. The Morgan fingerprint density at radius 2 is 1.89 bits per heavy atom. The molecular formula is C12H12F3NO3. The molecule has 2 N–H and O–H groups in total. The number of benzene rings is 1. The fraction of sp³-hybridized carbons (Fsp3) is 0.333. The highest BCUT2D eigenvalue weighted by Crippen LogP contribution is 2.29. The Hall–Kier alpha value is -2.05. The molecule has 0 aliphatic rings. The van der Waals surface area contributed by atoms with Gasteiger partial charge in [-0.25, -0.2) is 0 Å². The van der Waals surface area contributed by atoms with Gasteiger partial charge < -0.3 is 10.4 Å². The zero-order chi connectivity index (χ0) is 14.5. The van der Waals surface area contributed by atoms with Crippen molar-refractivity contribution in [3.05, 3.63) is 35.4 Å². The van der Waals surface area contributed by atoms with Crippen LogP contribution in [-0.4, -0.2) is 17.0 Å². The topological polar surface area (TPSA) is 66.4 Å². The molecule has 19 heavy (non-hydrogen) atoms. The van der Waals surface area contributed by atoms with E-state index < -0.39 is 23.6 Å². The van der Waals surface area contributed by atoms with Gasteiger partial charge in [-0.1, -0.05) is 12.1 Å². The quantitative estimate of drug-likeness (QED) is 0.865. The number of nitrogens with one attached hydrogen (secondary N) is 1. The van der Waals surface area contributed by atoms with Crippen molar-refractivity contribution in [2.75, 3.05) is 0 Å². The first-order valence-electron chi connectivity index (χ1n) is 5.43. The summed E-state index contributed by atoms with van der Waals surface area (Å²) in [5.74, 6) is -1.62. The lowest BCUT2D eigenvalue weighted by Gasteiger charge is -2.09. The third kappa shape index (κ3) is 5.41. The molecule has 4 nitrogen and oxygen atoms in total. The Morgan fingerprint density at radius 1 is 1.21 bits per heavy atom. The van der Waals surface area contributed by atoms with E-state index in [1.807, 2.05) is 0 Å². The normalized spacial score (nSPS) is 11.1. The van der Waals surface area contributed by atoms with Crippen molar-refractivity contribution in [2.24, 2.45) is 0 Å². The number of carbonyl (C=O) groups excluding carboxylic acids is 1. The van der Waals surface area contributed by atoms with Crippen molar-refractivity contribution < 1.29 is 27.9 Å². The first-order chi connectivity index (χ1) is 8.79. The Balaban J connectivity index is 2.54. The number of amides is 1. The van der Waals surface area contributed by atoms with Crippen molar-refractivity contribution in [3.8, 4) is 0 Å². The van der Waals surface area contributed by atoms with E-state index in [-0.39, 0.29) is 19.4 Å². The molecule has 0 radical (unpaired) electrons. The number of carboxylic acid groups (broad SMARTS) is 1. The summed E-state index contributed by atoms with van der Waals surface area (Å²) in [6, 6.07) is 4.58. The number of carboxylic acids is 1. The summed E-state index contributed by atoms with van der Waals surface area (Å²) in [6.07, 6.45) is -4.94. The molecule has 0 aromatic heterocycles. The molecule has 0 aliphatic carbocycles. The molecule has 0 unspecified atom stereocenters. The molecule has 0 saturated carbocycles. The van der Waals surface area contributed by atoms with Crippen LogP contribution in [0.3, 0.4) is 0 Å².